The molecule has 1 aromatic carbocycles. The van der Waals surface area contributed by atoms with E-state index in [1.165, 1.54) is 6.92 Å². The maximum atomic E-state index is 12.4. The number of rotatable bonds is 5. The fraction of sp³-hybridized carbons (Fsp3) is 0.350. The number of ether oxygens (including phenoxy) is 1. The van der Waals surface area contributed by atoms with Crippen molar-refractivity contribution in [1.82, 2.24) is 0 Å². The second-order valence-corrected chi connectivity index (χ2v) is 8.28. The first-order valence-corrected chi connectivity index (χ1v) is 9.38. The third-order valence-electron chi connectivity index (χ3n) is 3.72. The first-order chi connectivity index (χ1) is 12.6. The van der Waals surface area contributed by atoms with E-state index in [0.717, 1.165) is 11.3 Å². The summed E-state index contributed by atoms with van der Waals surface area (Å²) in [6.45, 7) is 8.71. The first-order valence-electron chi connectivity index (χ1n) is 8.56. The molecule has 0 saturated carbocycles. The fourth-order valence-corrected chi connectivity index (χ4v) is 3.03. The maximum Gasteiger partial charge on any atom is 0.349 e. The van der Waals surface area contributed by atoms with Crippen LogP contribution in [0.1, 0.15) is 42.9 Å². The van der Waals surface area contributed by atoms with Crippen molar-refractivity contribution >= 4 is 39.8 Å². The first kappa shape index (κ1) is 20.6. The Kier molecular flexibility index (Phi) is 6.38. The van der Waals surface area contributed by atoms with Crippen LogP contribution in [0.2, 0.25) is 0 Å². The number of aryl methyl sites for hydroxylation is 1. The van der Waals surface area contributed by atoms with E-state index >= 15 is 0 Å². The van der Waals surface area contributed by atoms with Crippen LogP contribution in [0.15, 0.2) is 36.4 Å². The van der Waals surface area contributed by atoms with Gasteiger partial charge in [-0.1, -0.05) is 39.0 Å². The average Bonchev–Trinajstić information content (AvgIpc) is 2.95. The van der Waals surface area contributed by atoms with Crippen LogP contribution in [-0.2, 0) is 14.3 Å². The molecule has 0 aliphatic rings. The number of carbonyl (C=O) groups is 3. The van der Waals surface area contributed by atoms with Gasteiger partial charge in [-0.05, 0) is 37.6 Å². The van der Waals surface area contributed by atoms with Gasteiger partial charge in [0.15, 0.2) is 6.10 Å². The molecule has 0 fully saturated rings. The number of para-hydroxylation sites is 1. The molecule has 6 nitrogen and oxygen atoms in total. The summed E-state index contributed by atoms with van der Waals surface area (Å²) in [7, 11) is 0. The van der Waals surface area contributed by atoms with Gasteiger partial charge in [-0.2, -0.15) is 0 Å². The Hall–Kier alpha value is -2.67. The molecule has 2 aromatic rings. The SMILES string of the molecule is Cc1cc(NC(=O)C(C)(C)C)sc1C(=O)OC(C)C(=O)Nc1ccccc1. The smallest absolute Gasteiger partial charge is 0.349 e. The van der Waals surface area contributed by atoms with Gasteiger partial charge < -0.3 is 15.4 Å². The summed E-state index contributed by atoms with van der Waals surface area (Å²) in [6, 6.07) is 10.7. The van der Waals surface area contributed by atoms with Gasteiger partial charge in [0.25, 0.3) is 5.91 Å². The molecular formula is C20H24N2O4S. The Morgan fingerprint density at radius 1 is 1.07 bits per heavy atom. The van der Waals surface area contributed by atoms with Gasteiger partial charge in [0.05, 0.1) is 5.00 Å². The van der Waals surface area contributed by atoms with Gasteiger partial charge in [-0.25, -0.2) is 4.79 Å². The molecule has 0 aliphatic carbocycles. The molecule has 1 heterocycles. The predicted molar refractivity (Wildman–Crippen MR) is 107 cm³/mol. The Morgan fingerprint density at radius 3 is 2.30 bits per heavy atom. The quantitative estimate of drug-likeness (QED) is 0.751. The highest BCUT2D eigenvalue weighted by Crippen LogP contribution is 2.29. The molecule has 0 bridgehead atoms. The number of nitrogens with one attached hydrogen (secondary N) is 2. The number of hydrogen-bond donors (Lipinski definition) is 2. The lowest BCUT2D eigenvalue weighted by Gasteiger charge is -2.16. The highest BCUT2D eigenvalue weighted by atomic mass is 32.1. The number of anilines is 2. The Bertz CT molecular complexity index is 837. The predicted octanol–water partition coefficient (Wildman–Crippen LogP) is 4.23. The number of benzene rings is 1. The summed E-state index contributed by atoms with van der Waals surface area (Å²) >= 11 is 1.13. The minimum Gasteiger partial charge on any atom is -0.448 e. The zero-order valence-corrected chi connectivity index (χ0v) is 16.9. The van der Waals surface area contributed by atoms with Crippen LogP contribution in [0.25, 0.3) is 0 Å². The molecule has 2 amide bonds. The van der Waals surface area contributed by atoms with E-state index in [4.69, 9.17) is 4.74 Å². The molecule has 2 N–H and O–H groups in total. The fourth-order valence-electron chi connectivity index (χ4n) is 2.08. The second-order valence-electron chi connectivity index (χ2n) is 7.23. The Labute approximate surface area is 162 Å². The molecule has 0 saturated heterocycles. The Balaban J connectivity index is 2.01. The number of esters is 1. The molecule has 2 rings (SSSR count). The number of carbonyl (C=O) groups excluding carboxylic acids is 3. The van der Waals surface area contributed by atoms with E-state index < -0.39 is 23.4 Å². The van der Waals surface area contributed by atoms with Crippen molar-refractivity contribution in [1.29, 1.82) is 0 Å². The lowest BCUT2D eigenvalue weighted by atomic mass is 9.96. The minimum absolute atomic E-state index is 0.140. The monoisotopic (exact) mass is 388 g/mol. The van der Waals surface area contributed by atoms with E-state index in [1.807, 2.05) is 26.8 Å². The number of hydrogen-bond acceptors (Lipinski definition) is 5. The molecule has 1 aromatic heterocycles. The van der Waals surface area contributed by atoms with E-state index in [0.29, 0.717) is 21.1 Å². The molecule has 0 spiro atoms. The highest BCUT2D eigenvalue weighted by Gasteiger charge is 2.25. The molecule has 144 valence electrons. The molecule has 1 atom stereocenters. The van der Waals surface area contributed by atoms with Crippen molar-refractivity contribution in [2.24, 2.45) is 5.41 Å². The summed E-state index contributed by atoms with van der Waals surface area (Å²) in [6.07, 6.45) is -0.952. The number of thiophene rings is 1. The average molecular weight is 388 g/mol. The summed E-state index contributed by atoms with van der Waals surface area (Å²) in [5.41, 5.74) is 0.776. The van der Waals surface area contributed by atoms with Crippen LogP contribution in [-0.4, -0.2) is 23.9 Å². The van der Waals surface area contributed by atoms with Crippen molar-refractivity contribution < 1.29 is 19.1 Å². The van der Waals surface area contributed by atoms with Gasteiger partial charge in [-0.15, -0.1) is 11.3 Å². The van der Waals surface area contributed by atoms with Gasteiger partial charge in [0.1, 0.15) is 4.88 Å². The second kappa shape index (κ2) is 8.35. The van der Waals surface area contributed by atoms with Gasteiger partial charge >= 0.3 is 5.97 Å². The van der Waals surface area contributed by atoms with E-state index in [-0.39, 0.29) is 5.91 Å². The van der Waals surface area contributed by atoms with Crippen molar-refractivity contribution in [3.63, 3.8) is 0 Å². The molecule has 1 unspecified atom stereocenters. The zero-order chi connectivity index (χ0) is 20.2. The normalized spacial score (nSPS) is 12.2. The van der Waals surface area contributed by atoms with Crippen molar-refractivity contribution in [2.75, 3.05) is 10.6 Å². The van der Waals surface area contributed by atoms with Gasteiger partial charge in [0.2, 0.25) is 5.91 Å². The summed E-state index contributed by atoms with van der Waals surface area (Å²) in [5, 5.41) is 6.06. The minimum atomic E-state index is -0.952. The largest absolute Gasteiger partial charge is 0.448 e. The summed E-state index contributed by atoms with van der Waals surface area (Å²) in [4.78, 5) is 37.1. The maximum absolute atomic E-state index is 12.4. The van der Waals surface area contributed by atoms with Crippen LogP contribution >= 0.6 is 11.3 Å². The van der Waals surface area contributed by atoms with Crippen molar-refractivity contribution in [3.05, 3.63) is 46.8 Å². The summed E-state index contributed by atoms with van der Waals surface area (Å²) < 4.78 is 5.28. The molecule has 0 radical (unpaired) electrons. The summed E-state index contributed by atoms with van der Waals surface area (Å²) in [5.74, 6) is -1.14. The number of amides is 2. The van der Waals surface area contributed by atoms with Gasteiger partial charge in [-0.3, -0.25) is 9.59 Å². The molecule has 27 heavy (non-hydrogen) atoms. The van der Waals surface area contributed by atoms with Crippen LogP contribution in [0, 0.1) is 12.3 Å². The van der Waals surface area contributed by atoms with Crippen LogP contribution < -0.4 is 10.6 Å². The lowest BCUT2D eigenvalue weighted by molar-refractivity contribution is -0.124. The van der Waals surface area contributed by atoms with E-state index in [1.54, 1.807) is 37.3 Å². The van der Waals surface area contributed by atoms with E-state index in [9.17, 15) is 14.4 Å². The topological polar surface area (TPSA) is 84.5 Å². The van der Waals surface area contributed by atoms with Crippen molar-refractivity contribution in [2.45, 2.75) is 40.7 Å². The third-order valence-corrected chi connectivity index (χ3v) is 4.85. The van der Waals surface area contributed by atoms with Crippen molar-refractivity contribution in [3.8, 4) is 0 Å². The van der Waals surface area contributed by atoms with Gasteiger partial charge in [0, 0.05) is 11.1 Å². The Morgan fingerprint density at radius 2 is 1.70 bits per heavy atom. The molecular weight excluding hydrogens is 364 g/mol. The molecule has 7 heteroatoms. The van der Waals surface area contributed by atoms with E-state index in [2.05, 4.69) is 10.6 Å². The van der Waals surface area contributed by atoms with Crippen LogP contribution in [0.5, 0.6) is 0 Å². The van der Waals surface area contributed by atoms with Crippen LogP contribution in [0.3, 0.4) is 0 Å². The highest BCUT2D eigenvalue weighted by molar-refractivity contribution is 7.18. The zero-order valence-electron chi connectivity index (χ0n) is 16.1. The van der Waals surface area contributed by atoms with Crippen LogP contribution in [0.4, 0.5) is 10.7 Å². The lowest BCUT2D eigenvalue weighted by Crippen LogP contribution is -2.29. The molecule has 0 aliphatic heterocycles. The third kappa shape index (κ3) is 5.65. The standard InChI is InChI=1S/C20H24N2O4S/c1-12-11-15(22-19(25)20(3,4)5)27-16(12)18(24)26-13(2)17(23)21-14-9-7-6-8-10-14/h6-11,13H,1-5H3,(H,21,23)(H,22,25).